The topological polar surface area (TPSA) is 68.5 Å². The van der Waals surface area contributed by atoms with Gasteiger partial charge >= 0.3 is 0 Å². The first-order valence-corrected chi connectivity index (χ1v) is 7.58. The number of benzene rings is 1. The van der Waals surface area contributed by atoms with Gasteiger partial charge in [0.25, 0.3) is 0 Å². The number of aromatic hydroxyl groups is 1. The number of nitrogens with zero attached hydrogens (tertiary/aromatic N) is 2. The number of phenols is 1. The van der Waals surface area contributed by atoms with Crippen molar-refractivity contribution >= 4 is 0 Å². The molecule has 0 amide bonds. The minimum atomic E-state index is -0.00940. The molecule has 1 aromatic rings. The maximum atomic E-state index is 10.6. The standard InChI is InChI=1S/C17H23N3O2/c1-3-4-5-14(20-10-8-19-9-11-20)16-13(12-18)6-7-15(22-2)17(16)21/h3,6-7,14,19,21H,1,4-5,8-11H2,2H3/t14-/m0/s1. The van der Waals surface area contributed by atoms with Gasteiger partial charge in [0.15, 0.2) is 11.5 Å². The van der Waals surface area contributed by atoms with Crippen LogP contribution in [0.2, 0.25) is 0 Å². The normalized spacial score (nSPS) is 16.7. The molecular weight excluding hydrogens is 278 g/mol. The van der Waals surface area contributed by atoms with Crippen LogP contribution in [0.3, 0.4) is 0 Å². The number of allylic oxidation sites excluding steroid dienone is 1. The van der Waals surface area contributed by atoms with Crippen molar-refractivity contribution in [3.63, 3.8) is 0 Å². The summed E-state index contributed by atoms with van der Waals surface area (Å²) in [5, 5.41) is 23.3. The molecule has 1 saturated heterocycles. The van der Waals surface area contributed by atoms with Gasteiger partial charge in [-0.2, -0.15) is 5.26 Å². The van der Waals surface area contributed by atoms with E-state index >= 15 is 0 Å². The fraction of sp³-hybridized carbons (Fsp3) is 0.471. The molecule has 0 unspecified atom stereocenters. The summed E-state index contributed by atoms with van der Waals surface area (Å²) >= 11 is 0. The summed E-state index contributed by atoms with van der Waals surface area (Å²) in [6.45, 7) is 7.40. The van der Waals surface area contributed by atoms with Gasteiger partial charge in [-0.15, -0.1) is 6.58 Å². The summed E-state index contributed by atoms with van der Waals surface area (Å²) in [5.41, 5.74) is 1.18. The SMILES string of the molecule is C=CCC[C@@H](c1c(C#N)ccc(OC)c1O)N1CCNCC1. The van der Waals surface area contributed by atoms with Gasteiger partial charge in [-0.05, 0) is 25.0 Å². The van der Waals surface area contributed by atoms with Crippen molar-refractivity contribution in [2.24, 2.45) is 0 Å². The van der Waals surface area contributed by atoms with Crippen molar-refractivity contribution in [3.05, 3.63) is 35.9 Å². The van der Waals surface area contributed by atoms with Crippen LogP contribution in [-0.4, -0.2) is 43.3 Å². The number of ether oxygens (including phenoxy) is 1. The first-order valence-electron chi connectivity index (χ1n) is 7.58. The van der Waals surface area contributed by atoms with Crippen LogP contribution in [0, 0.1) is 11.3 Å². The van der Waals surface area contributed by atoms with Gasteiger partial charge in [-0.25, -0.2) is 0 Å². The first kappa shape index (κ1) is 16.3. The Balaban J connectivity index is 2.45. The molecule has 2 N–H and O–H groups in total. The molecule has 0 bridgehead atoms. The van der Waals surface area contributed by atoms with E-state index in [0.717, 1.165) is 39.0 Å². The van der Waals surface area contributed by atoms with Gasteiger partial charge in [0.05, 0.1) is 18.7 Å². The van der Waals surface area contributed by atoms with Crippen molar-refractivity contribution in [2.45, 2.75) is 18.9 Å². The Kier molecular flexibility index (Phi) is 5.82. The highest BCUT2D eigenvalue weighted by molar-refractivity contribution is 5.55. The van der Waals surface area contributed by atoms with Gasteiger partial charge in [0, 0.05) is 37.8 Å². The lowest BCUT2D eigenvalue weighted by atomic mass is 9.93. The molecule has 5 nitrogen and oxygen atoms in total. The van der Waals surface area contributed by atoms with Gasteiger partial charge in [-0.1, -0.05) is 6.08 Å². The number of phenolic OH excluding ortho intramolecular Hbond substituents is 1. The smallest absolute Gasteiger partial charge is 0.163 e. The monoisotopic (exact) mass is 301 g/mol. The van der Waals surface area contributed by atoms with Crippen LogP contribution in [0.1, 0.15) is 30.0 Å². The third-order valence-corrected chi connectivity index (χ3v) is 4.09. The molecule has 2 rings (SSSR count). The summed E-state index contributed by atoms with van der Waals surface area (Å²) in [5.74, 6) is 0.488. The minimum Gasteiger partial charge on any atom is -0.504 e. The maximum absolute atomic E-state index is 10.6. The van der Waals surface area contributed by atoms with E-state index in [1.54, 1.807) is 12.1 Å². The van der Waals surface area contributed by atoms with Crippen LogP contribution in [0.25, 0.3) is 0 Å². The van der Waals surface area contributed by atoms with Gasteiger partial charge in [-0.3, -0.25) is 4.90 Å². The number of methoxy groups -OCH3 is 1. The number of nitriles is 1. The minimum absolute atomic E-state index is 0.00940. The van der Waals surface area contributed by atoms with Gasteiger partial charge in [0.1, 0.15) is 0 Å². The first-order chi connectivity index (χ1) is 10.7. The second kappa shape index (κ2) is 7.83. The average molecular weight is 301 g/mol. The van der Waals surface area contributed by atoms with E-state index in [0.29, 0.717) is 16.9 Å². The van der Waals surface area contributed by atoms with E-state index in [-0.39, 0.29) is 11.8 Å². The summed E-state index contributed by atoms with van der Waals surface area (Å²) in [4.78, 5) is 2.31. The lowest BCUT2D eigenvalue weighted by Gasteiger charge is -2.36. The maximum Gasteiger partial charge on any atom is 0.163 e. The lowest BCUT2D eigenvalue weighted by molar-refractivity contribution is 0.163. The number of nitrogens with one attached hydrogen (secondary N) is 1. The van der Waals surface area contributed by atoms with Crippen LogP contribution >= 0.6 is 0 Å². The summed E-state index contributed by atoms with van der Waals surface area (Å²) in [7, 11) is 1.52. The van der Waals surface area contributed by atoms with Gasteiger partial charge < -0.3 is 15.2 Å². The molecule has 22 heavy (non-hydrogen) atoms. The molecule has 0 spiro atoms. The molecule has 0 aromatic heterocycles. The third-order valence-electron chi connectivity index (χ3n) is 4.09. The summed E-state index contributed by atoms with van der Waals surface area (Å²) < 4.78 is 5.22. The van der Waals surface area contributed by atoms with Crippen molar-refractivity contribution in [1.29, 1.82) is 5.26 Å². The third kappa shape index (κ3) is 3.41. The van der Waals surface area contributed by atoms with Crippen LogP contribution in [0.15, 0.2) is 24.8 Å². The Bertz CT molecular complexity index is 560. The second-order valence-corrected chi connectivity index (χ2v) is 5.36. The predicted octanol–water partition coefficient (Wildman–Crippen LogP) is 2.18. The molecule has 1 aromatic carbocycles. The van der Waals surface area contributed by atoms with Crippen molar-refractivity contribution < 1.29 is 9.84 Å². The average Bonchev–Trinajstić information content (AvgIpc) is 2.57. The molecular formula is C17H23N3O2. The highest BCUT2D eigenvalue weighted by Gasteiger charge is 2.28. The van der Waals surface area contributed by atoms with Gasteiger partial charge in [0.2, 0.25) is 0 Å². The Hall–Kier alpha value is -2.03. The summed E-state index contributed by atoms with van der Waals surface area (Å²) in [6.07, 6.45) is 3.52. The number of hydrogen-bond donors (Lipinski definition) is 2. The fourth-order valence-electron chi connectivity index (χ4n) is 2.97. The van der Waals surface area contributed by atoms with Crippen molar-refractivity contribution in [2.75, 3.05) is 33.3 Å². The predicted molar refractivity (Wildman–Crippen MR) is 86.0 cm³/mol. The molecule has 1 aliphatic rings. The van der Waals surface area contributed by atoms with E-state index < -0.39 is 0 Å². The Morgan fingerprint density at radius 1 is 1.50 bits per heavy atom. The number of rotatable bonds is 6. The van der Waals surface area contributed by atoms with E-state index in [4.69, 9.17) is 4.74 Å². The van der Waals surface area contributed by atoms with Crippen LogP contribution in [0.5, 0.6) is 11.5 Å². The molecule has 0 radical (unpaired) electrons. The lowest BCUT2D eigenvalue weighted by Crippen LogP contribution is -2.45. The second-order valence-electron chi connectivity index (χ2n) is 5.36. The molecule has 1 fully saturated rings. The highest BCUT2D eigenvalue weighted by Crippen LogP contribution is 2.40. The Morgan fingerprint density at radius 2 is 2.23 bits per heavy atom. The quantitative estimate of drug-likeness (QED) is 0.788. The molecule has 1 heterocycles. The van der Waals surface area contributed by atoms with E-state index in [1.807, 2.05) is 6.08 Å². The summed E-state index contributed by atoms with van der Waals surface area (Å²) in [6, 6.07) is 5.55. The van der Waals surface area contributed by atoms with Crippen LogP contribution < -0.4 is 10.1 Å². The Labute approximate surface area is 131 Å². The van der Waals surface area contributed by atoms with E-state index in [9.17, 15) is 10.4 Å². The highest BCUT2D eigenvalue weighted by atomic mass is 16.5. The zero-order valence-corrected chi connectivity index (χ0v) is 13.0. The zero-order valence-electron chi connectivity index (χ0n) is 13.0. The molecule has 0 saturated carbocycles. The van der Waals surface area contributed by atoms with Crippen LogP contribution in [-0.2, 0) is 0 Å². The van der Waals surface area contributed by atoms with Crippen LogP contribution in [0.4, 0.5) is 0 Å². The molecule has 5 heteroatoms. The fourth-order valence-corrected chi connectivity index (χ4v) is 2.97. The largest absolute Gasteiger partial charge is 0.504 e. The number of piperazine rings is 1. The van der Waals surface area contributed by atoms with Crippen molar-refractivity contribution in [1.82, 2.24) is 10.2 Å². The molecule has 118 valence electrons. The number of hydrogen-bond acceptors (Lipinski definition) is 5. The van der Waals surface area contributed by atoms with E-state index in [1.165, 1.54) is 7.11 Å². The van der Waals surface area contributed by atoms with E-state index in [2.05, 4.69) is 22.9 Å². The molecule has 1 atom stereocenters. The molecule has 1 aliphatic heterocycles. The van der Waals surface area contributed by atoms with Crippen molar-refractivity contribution in [3.8, 4) is 17.6 Å². The molecule has 0 aliphatic carbocycles. The Morgan fingerprint density at radius 3 is 2.82 bits per heavy atom. The zero-order chi connectivity index (χ0) is 15.9.